The van der Waals surface area contributed by atoms with Gasteiger partial charge in [-0.25, -0.2) is 14.5 Å². The highest BCUT2D eigenvalue weighted by Gasteiger charge is 2.21. The molecule has 0 saturated heterocycles. The van der Waals surface area contributed by atoms with Crippen LogP contribution in [0.2, 0.25) is 0 Å². The van der Waals surface area contributed by atoms with Gasteiger partial charge in [0, 0.05) is 23.2 Å². The number of benzene rings is 1. The van der Waals surface area contributed by atoms with E-state index in [4.69, 9.17) is 10.5 Å². The maximum atomic E-state index is 12.0. The highest BCUT2D eigenvalue weighted by atomic mass is 79.9. The minimum Gasteiger partial charge on any atom is -0.449 e. The predicted octanol–water partition coefficient (Wildman–Crippen LogP) is 2.40. The number of ether oxygens (including phenoxy) is 1. The van der Waals surface area contributed by atoms with Gasteiger partial charge in [-0.2, -0.15) is 0 Å². The second-order valence-corrected chi connectivity index (χ2v) is 4.49. The van der Waals surface area contributed by atoms with Gasteiger partial charge in [0.25, 0.3) is 0 Å². The number of carbonyl (C=O) groups is 2. The summed E-state index contributed by atoms with van der Waals surface area (Å²) in [6, 6.07) is 6.44. The first kappa shape index (κ1) is 15.5. The summed E-state index contributed by atoms with van der Waals surface area (Å²) >= 11 is 3.30. The molecule has 0 heterocycles. The third kappa shape index (κ3) is 4.88. The molecule has 6 nitrogen and oxygen atoms in total. The van der Waals surface area contributed by atoms with Gasteiger partial charge >= 0.3 is 12.1 Å². The zero-order valence-electron chi connectivity index (χ0n) is 10.6. The third-order valence-corrected chi connectivity index (χ3v) is 2.71. The SMILES string of the molecule is CCOC(=O)N(CCN)C(=O)Nc1ccc(Br)cc1. The lowest BCUT2D eigenvalue weighted by atomic mass is 10.3. The largest absolute Gasteiger partial charge is 0.449 e. The van der Waals surface area contributed by atoms with E-state index in [-0.39, 0.29) is 19.7 Å². The molecule has 104 valence electrons. The first-order chi connectivity index (χ1) is 9.08. The van der Waals surface area contributed by atoms with Crippen LogP contribution in [0.3, 0.4) is 0 Å². The molecule has 0 aliphatic heterocycles. The number of nitrogens with one attached hydrogen (secondary N) is 1. The minimum atomic E-state index is -0.706. The number of amides is 3. The lowest BCUT2D eigenvalue weighted by molar-refractivity contribution is 0.118. The molecule has 0 aromatic heterocycles. The van der Waals surface area contributed by atoms with Crippen molar-refractivity contribution >= 4 is 33.7 Å². The number of imide groups is 1. The smallest absolute Gasteiger partial charge is 0.418 e. The second kappa shape index (κ2) is 7.75. The summed E-state index contributed by atoms with van der Waals surface area (Å²) in [5.74, 6) is 0. The lowest BCUT2D eigenvalue weighted by Gasteiger charge is -2.19. The van der Waals surface area contributed by atoms with Crippen molar-refractivity contribution in [3.8, 4) is 0 Å². The van der Waals surface area contributed by atoms with Crippen molar-refractivity contribution < 1.29 is 14.3 Å². The molecule has 3 amide bonds. The summed E-state index contributed by atoms with van der Waals surface area (Å²) < 4.78 is 5.70. The molecular formula is C12H16BrN3O3. The number of anilines is 1. The highest BCUT2D eigenvalue weighted by Crippen LogP contribution is 2.14. The van der Waals surface area contributed by atoms with Gasteiger partial charge in [0.1, 0.15) is 0 Å². The van der Waals surface area contributed by atoms with E-state index >= 15 is 0 Å². The van der Waals surface area contributed by atoms with Gasteiger partial charge in [0.15, 0.2) is 0 Å². The second-order valence-electron chi connectivity index (χ2n) is 3.58. The third-order valence-electron chi connectivity index (χ3n) is 2.18. The topological polar surface area (TPSA) is 84.7 Å². The van der Waals surface area contributed by atoms with Crippen molar-refractivity contribution in [2.45, 2.75) is 6.92 Å². The van der Waals surface area contributed by atoms with E-state index < -0.39 is 12.1 Å². The Morgan fingerprint density at radius 3 is 2.53 bits per heavy atom. The number of nitrogens with two attached hydrogens (primary N) is 1. The highest BCUT2D eigenvalue weighted by molar-refractivity contribution is 9.10. The van der Waals surface area contributed by atoms with Gasteiger partial charge in [-0.3, -0.25) is 0 Å². The molecule has 0 radical (unpaired) electrons. The van der Waals surface area contributed by atoms with Crippen LogP contribution in [0.15, 0.2) is 28.7 Å². The molecule has 3 N–H and O–H groups in total. The molecule has 0 aliphatic carbocycles. The van der Waals surface area contributed by atoms with Crippen molar-refractivity contribution in [1.29, 1.82) is 0 Å². The van der Waals surface area contributed by atoms with Gasteiger partial charge in [0.05, 0.1) is 6.61 Å². The average Bonchev–Trinajstić information content (AvgIpc) is 2.38. The van der Waals surface area contributed by atoms with Crippen LogP contribution in [0.5, 0.6) is 0 Å². The number of halogens is 1. The molecule has 19 heavy (non-hydrogen) atoms. The van der Waals surface area contributed by atoms with E-state index in [9.17, 15) is 9.59 Å². The Labute approximate surface area is 120 Å². The fraction of sp³-hybridized carbons (Fsp3) is 0.333. The Balaban J connectivity index is 2.71. The van der Waals surface area contributed by atoms with Crippen molar-refractivity contribution in [3.63, 3.8) is 0 Å². The number of carbonyl (C=O) groups excluding carboxylic acids is 2. The summed E-state index contributed by atoms with van der Waals surface area (Å²) in [4.78, 5) is 24.5. The van der Waals surface area contributed by atoms with Crippen LogP contribution < -0.4 is 11.1 Å². The molecule has 0 bridgehead atoms. The fourth-order valence-corrected chi connectivity index (χ4v) is 1.59. The summed E-state index contributed by atoms with van der Waals surface area (Å²) in [7, 11) is 0. The van der Waals surface area contributed by atoms with Crippen molar-refractivity contribution in [2.24, 2.45) is 5.73 Å². The summed E-state index contributed by atoms with van der Waals surface area (Å²) in [6.45, 7) is 2.14. The maximum Gasteiger partial charge on any atom is 0.418 e. The van der Waals surface area contributed by atoms with E-state index in [1.807, 2.05) is 0 Å². The first-order valence-electron chi connectivity index (χ1n) is 5.79. The monoisotopic (exact) mass is 329 g/mol. The molecular weight excluding hydrogens is 314 g/mol. The molecule has 0 unspecified atom stereocenters. The average molecular weight is 330 g/mol. The number of rotatable bonds is 4. The normalized spacial score (nSPS) is 9.84. The van der Waals surface area contributed by atoms with E-state index in [0.29, 0.717) is 5.69 Å². The van der Waals surface area contributed by atoms with E-state index in [2.05, 4.69) is 21.2 Å². The maximum absolute atomic E-state index is 12.0. The molecule has 0 spiro atoms. The summed E-state index contributed by atoms with van der Waals surface area (Å²) in [5, 5.41) is 2.60. The summed E-state index contributed by atoms with van der Waals surface area (Å²) in [6.07, 6.45) is -0.706. The van der Waals surface area contributed by atoms with E-state index in [0.717, 1.165) is 9.37 Å². The molecule has 1 aromatic carbocycles. The van der Waals surface area contributed by atoms with Crippen molar-refractivity contribution in [3.05, 3.63) is 28.7 Å². The quantitative estimate of drug-likeness (QED) is 0.888. The summed E-state index contributed by atoms with van der Waals surface area (Å²) in [5.41, 5.74) is 5.96. The van der Waals surface area contributed by atoms with Crippen LogP contribution in [0.1, 0.15) is 6.92 Å². The van der Waals surface area contributed by atoms with Crippen LogP contribution in [-0.4, -0.2) is 36.7 Å². The van der Waals surface area contributed by atoms with Crippen LogP contribution in [0.4, 0.5) is 15.3 Å². The van der Waals surface area contributed by atoms with Crippen LogP contribution in [0, 0.1) is 0 Å². The standard InChI is InChI=1S/C12H16BrN3O3/c1-2-19-12(18)16(8-7-14)11(17)15-10-5-3-9(13)4-6-10/h3-6H,2,7-8,14H2,1H3,(H,15,17). The van der Waals surface area contributed by atoms with Gasteiger partial charge in [-0.1, -0.05) is 15.9 Å². The van der Waals surface area contributed by atoms with Gasteiger partial charge < -0.3 is 15.8 Å². The van der Waals surface area contributed by atoms with Gasteiger partial charge in [-0.05, 0) is 31.2 Å². The minimum absolute atomic E-state index is 0.0984. The zero-order valence-corrected chi connectivity index (χ0v) is 12.1. The molecule has 0 aliphatic rings. The molecule has 7 heteroatoms. The van der Waals surface area contributed by atoms with Gasteiger partial charge in [-0.15, -0.1) is 0 Å². The zero-order chi connectivity index (χ0) is 14.3. The van der Waals surface area contributed by atoms with E-state index in [1.165, 1.54) is 0 Å². The Kier molecular flexibility index (Phi) is 6.31. The number of nitrogens with zero attached hydrogens (tertiary/aromatic N) is 1. The number of urea groups is 1. The van der Waals surface area contributed by atoms with Crippen LogP contribution in [0.25, 0.3) is 0 Å². The fourth-order valence-electron chi connectivity index (χ4n) is 1.33. The Morgan fingerprint density at radius 1 is 1.37 bits per heavy atom. The van der Waals surface area contributed by atoms with Crippen molar-refractivity contribution in [1.82, 2.24) is 4.90 Å². The van der Waals surface area contributed by atoms with Crippen LogP contribution in [-0.2, 0) is 4.74 Å². The molecule has 0 atom stereocenters. The number of hydrogen-bond acceptors (Lipinski definition) is 4. The molecule has 0 fully saturated rings. The Morgan fingerprint density at radius 2 is 2.00 bits per heavy atom. The molecule has 1 rings (SSSR count). The molecule has 0 saturated carbocycles. The lowest BCUT2D eigenvalue weighted by Crippen LogP contribution is -2.43. The Bertz CT molecular complexity index is 436. The van der Waals surface area contributed by atoms with Crippen LogP contribution >= 0.6 is 15.9 Å². The van der Waals surface area contributed by atoms with Gasteiger partial charge in [0.2, 0.25) is 0 Å². The van der Waals surface area contributed by atoms with E-state index in [1.54, 1.807) is 31.2 Å². The number of hydrogen-bond donors (Lipinski definition) is 2. The Hall–Kier alpha value is -1.60. The predicted molar refractivity (Wildman–Crippen MR) is 75.9 cm³/mol. The first-order valence-corrected chi connectivity index (χ1v) is 6.58. The molecule has 1 aromatic rings. The van der Waals surface area contributed by atoms with Crippen molar-refractivity contribution in [2.75, 3.05) is 25.0 Å².